The Bertz CT molecular complexity index is 381. The molecule has 0 saturated carbocycles. The topological polar surface area (TPSA) is 70.8 Å². The van der Waals surface area contributed by atoms with Crippen molar-refractivity contribution in [3.8, 4) is 17.2 Å². The number of hydrogen-bond acceptors (Lipinski definition) is 4. The first-order valence-electron chi connectivity index (χ1n) is 4.10. The highest BCUT2D eigenvalue weighted by Crippen LogP contribution is 2.35. The van der Waals surface area contributed by atoms with Crippen LogP contribution in [0.2, 0.25) is 0 Å². The Morgan fingerprint density at radius 1 is 1.00 bits per heavy atom. The smallest absolute Gasteiger partial charge is 0.164 e. The summed E-state index contributed by atoms with van der Waals surface area (Å²) >= 11 is 0. The predicted molar refractivity (Wildman–Crippen MR) is 56.7 cm³/mol. The summed E-state index contributed by atoms with van der Waals surface area (Å²) in [5, 5.41) is 5.30. The lowest BCUT2D eigenvalue weighted by molar-refractivity contribution is 0.345. The van der Waals surface area contributed by atoms with Crippen molar-refractivity contribution in [3.63, 3.8) is 0 Å². The van der Waals surface area contributed by atoms with E-state index in [2.05, 4.69) is 0 Å². The fraction of sp³-hybridized carbons (Fsp3) is 0.333. The highest BCUT2D eigenvalue weighted by Gasteiger charge is 2.14. The average Bonchev–Trinajstić information content (AvgIpc) is 2.26. The molecule has 0 aliphatic carbocycles. The average molecular weight is 231 g/mol. The normalized spacial score (nSPS) is 12.0. The van der Waals surface area contributed by atoms with E-state index < -0.39 is 11.0 Å². The maximum atomic E-state index is 11.2. The monoisotopic (exact) mass is 231 g/mol. The molecule has 1 rings (SSSR count). The first-order valence-corrected chi connectivity index (χ1v) is 5.31. The van der Waals surface area contributed by atoms with Crippen LogP contribution in [0.25, 0.3) is 0 Å². The lowest BCUT2D eigenvalue weighted by Crippen LogP contribution is -2.06. The van der Waals surface area contributed by atoms with Crippen LogP contribution in [-0.2, 0) is 11.0 Å². The molecule has 0 heterocycles. The minimum Gasteiger partial charge on any atom is -0.495 e. The number of ether oxygens (including phenoxy) is 3. The molecule has 0 saturated heterocycles. The number of hydrogen-bond donors (Lipinski definition) is 1. The Morgan fingerprint density at radius 3 is 1.87 bits per heavy atom. The van der Waals surface area contributed by atoms with Crippen molar-refractivity contribution in [3.05, 3.63) is 12.1 Å². The number of benzene rings is 1. The second kappa shape index (κ2) is 4.99. The van der Waals surface area contributed by atoms with Crippen LogP contribution < -0.4 is 19.3 Å². The van der Waals surface area contributed by atoms with Crippen LogP contribution in [0, 0.1) is 0 Å². The lowest BCUT2D eigenvalue weighted by atomic mass is 10.3. The second-order valence-corrected chi connectivity index (χ2v) is 3.69. The molecule has 5 nitrogen and oxygen atoms in total. The van der Waals surface area contributed by atoms with Gasteiger partial charge in [-0.1, -0.05) is 0 Å². The lowest BCUT2D eigenvalue weighted by Gasteiger charge is -2.12. The molecule has 0 bridgehead atoms. The second-order valence-electron chi connectivity index (χ2n) is 2.66. The molecule has 0 fully saturated rings. The van der Waals surface area contributed by atoms with E-state index in [9.17, 15) is 4.21 Å². The summed E-state index contributed by atoms with van der Waals surface area (Å²) < 4.78 is 26.4. The van der Waals surface area contributed by atoms with Gasteiger partial charge in [0.15, 0.2) is 11.5 Å². The molecule has 1 aromatic carbocycles. The zero-order valence-corrected chi connectivity index (χ0v) is 9.59. The first kappa shape index (κ1) is 11.8. The van der Waals surface area contributed by atoms with Gasteiger partial charge in [-0.2, -0.15) is 0 Å². The molecule has 6 heteroatoms. The van der Waals surface area contributed by atoms with Crippen molar-refractivity contribution >= 4 is 11.0 Å². The van der Waals surface area contributed by atoms with Crippen molar-refractivity contribution < 1.29 is 18.4 Å². The van der Waals surface area contributed by atoms with E-state index in [1.54, 1.807) is 6.07 Å². The molecule has 0 aliphatic heterocycles. The highest BCUT2D eigenvalue weighted by atomic mass is 32.2. The fourth-order valence-corrected chi connectivity index (χ4v) is 1.72. The molecule has 2 N–H and O–H groups in total. The largest absolute Gasteiger partial charge is 0.495 e. The fourth-order valence-electron chi connectivity index (χ4n) is 1.16. The van der Waals surface area contributed by atoms with E-state index in [-0.39, 0.29) is 0 Å². The summed E-state index contributed by atoms with van der Waals surface area (Å²) in [5.41, 5.74) is 0. The summed E-state index contributed by atoms with van der Waals surface area (Å²) in [5.74, 6) is 1.38. The van der Waals surface area contributed by atoms with Crippen molar-refractivity contribution in [2.75, 3.05) is 21.3 Å². The quantitative estimate of drug-likeness (QED) is 0.827. The highest BCUT2D eigenvalue weighted by molar-refractivity contribution is 7.82. The molecule has 1 unspecified atom stereocenters. The standard InChI is InChI=1S/C9H13NO4S/c1-12-6-4-8(14-3)9(15(10)11)5-7(6)13-2/h4-5H,10H2,1-3H3. The number of rotatable bonds is 4. The van der Waals surface area contributed by atoms with Crippen LogP contribution >= 0.6 is 0 Å². The summed E-state index contributed by atoms with van der Waals surface area (Å²) in [6.45, 7) is 0. The molecule has 0 spiro atoms. The molecular formula is C9H13NO4S. The molecule has 1 aromatic rings. The van der Waals surface area contributed by atoms with E-state index in [0.717, 1.165) is 0 Å². The van der Waals surface area contributed by atoms with E-state index in [1.807, 2.05) is 0 Å². The summed E-state index contributed by atoms with van der Waals surface area (Å²) in [7, 11) is 2.85. The molecule has 84 valence electrons. The van der Waals surface area contributed by atoms with Crippen molar-refractivity contribution in [2.24, 2.45) is 5.14 Å². The van der Waals surface area contributed by atoms with Crippen LogP contribution in [-0.4, -0.2) is 25.5 Å². The molecular weight excluding hydrogens is 218 g/mol. The van der Waals surface area contributed by atoms with Gasteiger partial charge in [-0.3, -0.25) is 0 Å². The van der Waals surface area contributed by atoms with Gasteiger partial charge in [-0.25, -0.2) is 9.35 Å². The van der Waals surface area contributed by atoms with Crippen LogP contribution in [0.15, 0.2) is 17.0 Å². The maximum absolute atomic E-state index is 11.2. The van der Waals surface area contributed by atoms with Crippen LogP contribution in [0.4, 0.5) is 0 Å². The third-order valence-corrected chi connectivity index (χ3v) is 2.64. The zero-order valence-electron chi connectivity index (χ0n) is 8.77. The van der Waals surface area contributed by atoms with Gasteiger partial charge in [-0.05, 0) is 0 Å². The number of nitrogens with two attached hydrogens (primary N) is 1. The first-order chi connectivity index (χ1) is 7.13. The van der Waals surface area contributed by atoms with Gasteiger partial charge in [0.1, 0.15) is 16.7 Å². The molecule has 15 heavy (non-hydrogen) atoms. The summed E-state index contributed by atoms with van der Waals surface area (Å²) in [6, 6.07) is 3.12. The third kappa shape index (κ3) is 2.40. The summed E-state index contributed by atoms with van der Waals surface area (Å²) in [4.78, 5) is 0.371. The van der Waals surface area contributed by atoms with E-state index in [1.165, 1.54) is 27.4 Å². The molecule has 0 aromatic heterocycles. The predicted octanol–water partition coefficient (Wildman–Crippen LogP) is 0.694. The van der Waals surface area contributed by atoms with Crippen molar-refractivity contribution in [1.29, 1.82) is 0 Å². The molecule has 0 radical (unpaired) electrons. The van der Waals surface area contributed by atoms with Gasteiger partial charge >= 0.3 is 0 Å². The summed E-state index contributed by atoms with van der Waals surface area (Å²) in [6.07, 6.45) is 0. The van der Waals surface area contributed by atoms with Crippen LogP contribution in [0.5, 0.6) is 17.2 Å². The van der Waals surface area contributed by atoms with Gasteiger partial charge in [-0.15, -0.1) is 0 Å². The molecule has 0 aliphatic rings. The van der Waals surface area contributed by atoms with Gasteiger partial charge in [0.05, 0.1) is 26.2 Å². The Labute approximate surface area is 90.7 Å². The minimum absolute atomic E-state index is 0.371. The van der Waals surface area contributed by atoms with E-state index in [4.69, 9.17) is 19.3 Å². The van der Waals surface area contributed by atoms with Crippen molar-refractivity contribution in [1.82, 2.24) is 0 Å². The Morgan fingerprint density at radius 2 is 1.47 bits per heavy atom. The van der Waals surface area contributed by atoms with Gasteiger partial charge in [0.25, 0.3) is 0 Å². The maximum Gasteiger partial charge on any atom is 0.164 e. The molecule has 0 amide bonds. The van der Waals surface area contributed by atoms with Crippen molar-refractivity contribution in [2.45, 2.75) is 4.90 Å². The Hall–Kier alpha value is -1.27. The minimum atomic E-state index is -1.62. The van der Waals surface area contributed by atoms with Crippen LogP contribution in [0.1, 0.15) is 0 Å². The van der Waals surface area contributed by atoms with E-state index >= 15 is 0 Å². The SMILES string of the molecule is COc1cc(OC)c(S(N)=O)cc1OC. The van der Waals surface area contributed by atoms with Gasteiger partial charge in [0, 0.05) is 12.1 Å². The van der Waals surface area contributed by atoms with E-state index in [0.29, 0.717) is 22.1 Å². The zero-order chi connectivity index (χ0) is 11.4. The van der Waals surface area contributed by atoms with Gasteiger partial charge in [0.2, 0.25) is 0 Å². The molecule has 1 atom stereocenters. The Kier molecular flexibility index (Phi) is 3.93. The van der Waals surface area contributed by atoms with Gasteiger partial charge < -0.3 is 14.2 Å². The third-order valence-electron chi connectivity index (χ3n) is 1.89. The van der Waals surface area contributed by atoms with Crippen LogP contribution in [0.3, 0.4) is 0 Å². The Balaban J connectivity index is 3.34. The number of methoxy groups -OCH3 is 3.